The molecule has 1 aromatic carbocycles. The van der Waals surface area contributed by atoms with E-state index < -0.39 is 17.5 Å². The van der Waals surface area contributed by atoms with Crippen molar-refractivity contribution in [3.8, 4) is 0 Å². The molecule has 0 atom stereocenters. The van der Waals surface area contributed by atoms with Crippen LogP contribution in [-0.2, 0) is 16.1 Å². The number of nitrogens with zero attached hydrogens (tertiary/aromatic N) is 2. The Kier molecular flexibility index (Phi) is 6.02. The monoisotopic (exact) mass is 348 g/mol. The Balaban J connectivity index is 1.90. The van der Waals surface area contributed by atoms with E-state index in [-0.39, 0.29) is 15.8 Å². The number of amides is 1. The summed E-state index contributed by atoms with van der Waals surface area (Å²) in [6, 6.07) is 12.0. The summed E-state index contributed by atoms with van der Waals surface area (Å²) in [4.78, 5) is 35.7. The molecule has 2 rings (SSSR count). The number of thiophene rings is 1. The molecule has 0 unspecified atom stereocenters. The smallest absolute Gasteiger partial charge is 0.349 e. The van der Waals surface area contributed by atoms with E-state index in [2.05, 4.69) is 0 Å². The maximum absolute atomic E-state index is 12.2. The third-order valence-electron chi connectivity index (χ3n) is 3.25. The molecule has 1 amide bonds. The van der Waals surface area contributed by atoms with E-state index in [1.165, 1.54) is 12.1 Å². The molecule has 0 radical (unpaired) electrons. The van der Waals surface area contributed by atoms with Crippen LogP contribution < -0.4 is 0 Å². The van der Waals surface area contributed by atoms with Gasteiger partial charge in [-0.1, -0.05) is 41.7 Å². The van der Waals surface area contributed by atoms with Crippen LogP contribution in [0, 0.1) is 10.1 Å². The lowest BCUT2D eigenvalue weighted by Gasteiger charge is -2.20. The van der Waals surface area contributed by atoms with Gasteiger partial charge in [0.2, 0.25) is 0 Å². The minimum atomic E-state index is -0.739. The van der Waals surface area contributed by atoms with Gasteiger partial charge in [-0.3, -0.25) is 14.9 Å². The predicted molar refractivity (Wildman–Crippen MR) is 88.8 cm³/mol. The first-order chi connectivity index (χ1) is 11.5. The van der Waals surface area contributed by atoms with Crippen LogP contribution in [0.15, 0.2) is 42.5 Å². The van der Waals surface area contributed by atoms with Gasteiger partial charge in [0.15, 0.2) is 6.61 Å². The molecule has 1 aromatic heterocycles. The van der Waals surface area contributed by atoms with E-state index in [0.717, 1.165) is 16.9 Å². The number of esters is 1. The highest BCUT2D eigenvalue weighted by Crippen LogP contribution is 2.24. The van der Waals surface area contributed by atoms with E-state index in [1.54, 1.807) is 4.90 Å². The second kappa shape index (κ2) is 8.21. The number of benzene rings is 1. The van der Waals surface area contributed by atoms with Gasteiger partial charge in [-0.2, -0.15) is 0 Å². The van der Waals surface area contributed by atoms with E-state index in [9.17, 15) is 19.7 Å². The molecule has 0 bridgehead atoms. The quantitative estimate of drug-likeness (QED) is 0.436. The van der Waals surface area contributed by atoms with Crippen LogP contribution in [0.25, 0.3) is 0 Å². The molecule has 0 aliphatic carbocycles. The largest absolute Gasteiger partial charge is 0.451 e. The van der Waals surface area contributed by atoms with Gasteiger partial charge in [0.05, 0.1) is 4.92 Å². The normalized spacial score (nSPS) is 10.2. The predicted octanol–water partition coefficient (Wildman–Crippen LogP) is 2.86. The Bertz CT molecular complexity index is 729. The summed E-state index contributed by atoms with van der Waals surface area (Å²) in [5.41, 5.74) is 0.980. The molecule has 0 aliphatic heterocycles. The SMILES string of the molecule is CCN(Cc1ccccc1)C(=O)COC(=O)c1ccc([N+](=O)[O-])s1. The van der Waals surface area contributed by atoms with Gasteiger partial charge >= 0.3 is 11.0 Å². The van der Waals surface area contributed by atoms with Crippen molar-refractivity contribution in [3.63, 3.8) is 0 Å². The third-order valence-corrected chi connectivity index (χ3v) is 4.27. The minimum absolute atomic E-state index is 0.0978. The fourth-order valence-corrected chi connectivity index (χ4v) is 2.72. The highest BCUT2D eigenvalue weighted by Gasteiger charge is 2.19. The molecular weight excluding hydrogens is 332 g/mol. The average molecular weight is 348 g/mol. The Hall–Kier alpha value is -2.74. The first kappa shape index (κ1) is 17.6. The van der Waals surface area contributed by atoms with Crippen molar-refractivity contribution in [3.05, 3.63) is 63.0 Å². The summed E-state index contributed by atoms with van der Waals surface area (Å²) in [5, 5.41) is 10.5. The average Bonchev–Trinajstić information content (AvgIpc) is 3.08. The van der Waals surface area contributed by atoms with Crippen LogP contribution in [0.3, 0.4) is 0 Å². The van der Waals surface area contributed by atoms with Crippen molar-refractivity contribution in [1.29, 1.82) is 0 Å². The molecular formula is C16H16N2O5S. The van der Waals surface area contributed by atoms with Gasteiger partial charge in [0.25, 0.3) is 5.91 Å². The van der Waals surface area contributed by atoms with Gasteiger partial charge in [0.1, 0.15) is 4.88 Å². The maximum atomic E-state index is 12.2. The van der Waals surface area contributed by atoms with E-state index in [1.807, 2.05) is 37.3 Å². The number of carbonyl (C=O) groups excluding carboxylic acids is 2. The van der Waals surface area contributed by atoms with Crippen LogP contribution in [-0.4, -0.2) is 34.9 Å². The standard InChI is InChI=1S/C16H16N2O5S/c1-2-17(10-12-6-4-3-5-7-12)14(19)11-23-16(20)13-8-9-15(24-13)18(21)22/h3-9H,2,10-11H2,1H3. The molecule has 1 heterocycles. The Morgan fingerprint density at radius 1 is 1.21 bits per heavy atom. The van der Waals surface area contributed by atoms with Gasteiger partial charge in [-0.05, 0) is 18.6 Å². The zero-order chi connectivity index (χ0) is 17.5. The van der Waals surface area contributed by atoms with Crippen LogP contribution >= 0.6 is 11.3 Å². The molecule has 126 valence electrons. The third kappa shape index (κ3) is 4.63. The van der Waals surface area contributed by atoms with Crippen molar-refractivity contribution in [2.24, 2.45) is 0 Å². The van der Waals surface area contributed by atoms with E-state index in [4.69, 9.17) is 4.74 Å². The Labute approximate surface area is 142 Å². The van der Waals surface area contributed by atoms with E-state index >= 15 is 0 Å². The number of carbonyl (C=O) groups is 2. The summed E-state index contributed by atoms with van der Waals surface area (Å²) >= 11 is 0.719. The molecule has 7 nitrogen and oxygen atoms in total. The topological polar surface area (TPSA) is 89.8 Å². The zero-order valence-corrected chi connectivity index (χ0v) is 13.8. The second-order valence-electron chi connectivity index (χ2n) is 4.86. The minimum Gasteiger partial charge on any atom is -0.451 e. The number of hydrogen-bond donors (Lipinski definition) is 0. The highest BCUT2D eigenvalue weighted by atomic mass is 32.1. The van der Waals surface area contributed by atoms with Crippen LogP contribution in [0.4, 0.5) is 5.00 Å². The van der Waals surface area contributed by atoms with Gasteiger partial charge in [-0.15, -0.1) is 0 Å². The van der Waals surface area contributed by atoms with Gasteiger partial charge in [0, 0.05) is 19.2 Å². The summed E-state index contributed by atoms with van der Waals surface area (Å²) in [5.74, 6) is -1.06. The fourth-order valence-electron chi connectivity index (χ4n) is 2.01. The Morgan fingerprint density at radius 2 is 1.92 bits per heavy atom. The lowest BCUT2D eigenvalue weighted by atomic mass is 10.2. The number of likely N-dealkylation sites (N-methyl/N-ethyl adjacent to an activating group) is 1. The zero-order valence-electron chi connectivity index (χ0n) is 13.0. The van der Waals surface area contributed by atoms with Crippen LogP contribution in [0.5, 0.6) is 0 Å². The van der Waals surface area contributed by atoms with Crippen molar-refractivity contribution in [1.82, 2.24) is 4.90 Å². The van der Waals surface area contributed by atoms with Crippen molar-refractivity contribution < 1.29 is 19.2 Å². The molecule has 0 saturated heterocycles. The number of nitro groups is 1. The number of hydrogen-bond acceptors (Lipinski definition) is 6. The molecule has 24 heavy (non-hydrogen) atoms. The summed E-state index contributed by atoms with van der Waals surface area (Å²) in [6.07, 6.45) is 0. The molecule has 0 fully saturated rings. The van der Waals surface area contributed by atoms with E-state index in [0.29, 0.717) is 13.1 Å². The first-order valence-corrected chi connectivity index (χ1v) is 8.06. The molecule has 8 heteroatoms. The van der Waals surface area contributed by atoms with Gasteiger partial charge < -0.3 is 9.64 Å². The molecule has 0 N–H and O–H groups in total. The van der Waals surface area contributed by atoms with Crippen LogP contribution in [0.2, 0.25) is 0 Å². The lowest BCUT2D eigenvalue weighted by Crippen LogP contribution is -2.34. The van der Waals surface area contributed by atoms with Crippen molar-refractivity contribution >= 4 is 28.2 Å². The molecule has 2 aromatic rings. The summed E-state index contributed by atoms with van der Waals surface area (Å²) in [7, 11) is 0. The molecule has 0 saturated carbocycles. The number of ether oxygens (including phenoxy) is 1. The number of rotatable bonds is 7. The summed E-state index contributed by atoms with van der Waals surface area (Å²) < 4.78 is 4.96. The van der Waals surface area contributed by atoms with Crippen molar-refractivity contribution in [2.45, 2.75) is 13.5 Å². The maximum Gasteiger partial charge on any atom is 0.349 e. The fraction of sp³-hybridized carbons (Fsp3) is 0.250. The van der Waals surface area contributed by atoms with Crippen LogP contribution in [0.1, 0.15) is 22.2 Å². The van der Waals surface area contributed by atoms with Crippen molar-refractivity contribution in [2.75, 3.05) is 13.2 Å². The first-order valence-electron chi connectivity index (χ1n) is 7.24. The molecule has 0 aliphatic rings. The van der Waals surface area contributed by atoms with Gasteiger partial charge in [-0.25, -0.2) is 4.79 Å². The Morgan fingerprint density at radius 3 is 2.50 bits per heavy atom. The lowest BCUT2D eigenvalue weighted by molar-refractivity contribution is -0.380. The highest BCUT2D eigenvalue weighted by molar-refractivity contribution is 7.17. The summed E-state index contributed by atoms with van der Waals surface area (Å²) in [6.45, 7) is 2.35. The second-order valence-corrected chi connectivity index (χ2v) is 5.93. The molecule has 0 spiro atoms.